The molecule has 0 spiro atoms. The van der Waals surface area contributed by atoms with Gasteiger partial charge in [0.05, 0.1) is 37.3 Å². The molecule has 154 valence electrons. The van der Waals surface area contributed by atoms with Gasteiger partial charge in [0, 0.05) is 0 Å². The van der Waals surface area contributed by atoms with E-state index in [0.717, 1.165) is 5.56 Å². The molecule has 2 aromatic carbocycles. The Morgan fingerprint density at radius 1 is 1.17 bits per heavy atom. The molecule has 7 heteroatoms. The lowest BCUT2D eigenvalue weighted by Gasteiger charge is -2.13. The molecule has 0 amide bonds. The van der Waals surface area contributed by atoms with Crippen LogP contribution in [0.4, 0.5) is 0 Å². The molecule has 0 radical (unpaired) electrons. The number of hydrogen-bond acceptors (Lipinski definition) is 6. The number of aromatic amines is 1. The van der Waals surface area contributed by atoms with Gasteiger partial charge in [-0.05, 0) is 47.9 Å². The van der Waals surface area contributed by atoms with Crippen LogP contribution in [-0.4, -0.2) is 30.8 Å². The molecule has 1 N–H and O–H groups in total. The first-order valence-electron chi connectivity index (χ1n) is 9.46. The highest BCUT2D eigenvalue weighted by Crippen LogP contribution is 2.30. The van der Waals surface area contributed by atoms with Crippen LogP contribution in [0.25, 0.3) is 22.6 Å². The average Bonchev–Trinajstić information content (AvgIpc) is 2.75. The van der Waals surface area contributed by atoms with Crippen LogP contribution in [0.3, 0.4) is 0 Å². The van der Waals surface area contributed by atoms with Gasteiger partial charge in [-0.1, -0.05) is 19.9 Å². The second-order valence-corrected chi connectivity index (χ2v) is 7.08. The van der Waals surface area contributed by atoms with Crippen molar-refractivity contribution in [1.82, 2.24) is 9.97 Å². The standard InChI is InChI=1S/C23H23N3O4/c1-14(2)13-30-20-8-5-15(10-21(20)29-4)9-16(12-24)22-25-19-7-6-17(28-3)11-18(19)23(27)26-22/h5-11,14H,13H2,1-4H3,(H,25,26,27). The number of ether oxygens (including phenoxy) is 3. The van der Waals surface area contributed by atoms with Crippen molar-refractivity contribution >= 4 is 22.6 Å². The lowest BCUT2D eigenvalue weighted by molar-refractivity contribution is 0.257. The SMILES string of the molecule is COc1ccc2nc(C(C#N)=Cc3ccc(OCC(C)C)c(OC)c3)[nH]c(=O)c2c1. The van der Waals surface area contributed by atoms with Crippen molar-refractivity contribution in [2.24, 2.45) is 5.92 Å². The van der Waals surface area contributed by atoms with Crippen molar-refractivity contribution in [2.75, 3.05) is 20.8 Å². The summed E-state index contributed by atoms with van der Waals surface area (Å²) < 4.78 is 16.3. The van der Waals surface area contributed by atoms with E-state index in [2.05, 4.69) is 29.9 Å². The maximum atomic E-state index is 12.5. The lowest BCUT2D eigenvalue weighted by Crippen LogP contribution is -2.11. The highest BCUT2D eigenvalue weighted by molar-refractivity contribution is 5.89. The minimum absolute atomic E-state index is 0.194. The number of hydrogen-bond donors (Lipinski definition) is 1. The number of nitrogens with zero attached hydrogens (tertiary/aromatic N) is 2. The van der Waals surface area contributed by atoms with Crippen LogP contribution in [0, 0.1) is 17.2 Å². The molecular weight excluding hydrogens is 382 g/mol. The van der Waals surface area contributed by atoms with Crippen molar-refractivity contribution in [3.8, 4) is 23.3 Å². The molecule has 3 rings (SSSR count). The van der Waals surface area contributed by atoms with E-state index < -0.39 is 0 Å². The minimum Gasteiger partial charge on any atom is -0.497 e. The number of nitriles is 1. The molecule has 0 atom stereocenters. The summed E-state index contributed by atoms with van der Waals surface area (Å²) in [5, 5.41) is 10.0. The van der Waals surface area contributed by atoms with Crippen LogP contribution >= 0.6 is 0 Å². The third-order valence-corrected chi connectivity index (χ3v) is 4.36. The van der Waals surface area contributed by atoms with E-state index in [0.29, 0.717) is 40.7 Å². The molecule has 0 unspecified atom stereocenters. The summed E-state index contributed by atoms with van der Waals surface area (Å²) in [6.45, 7) is 4.70. The Labute approximate surface area is 174 Å². The quantitative estimate of drug-likeness (QED) is 0.596. The van der Waals surface area contributed by atoms with Crippen molar-refractivity contribution in [1.29, 1.82) is 5.26 Å². The number of benzene rings is 2. The van der Waals surface area contributed by atoms with Gasteiger partial charge in [0.25, 0.3) is 5.56 Å². The third-order valence-electron chi connectivity index (χ3n) is 4.36. The summed E-state index contributed by atoms with van der Waals surface area (Å²) in [7, 11) is 3.09. The summed E-state index contributed by atoms with van der Waals surface area (Å²) in [6, 6.07) is 12.5. The van der Waals surface area contributed by atoms with Gasteiger partial charge in [-0.2, -0.15) is 5.26 Å². The number of rotatable bonds is 7. The molecule has 30 heavy (non-hydrogen) atoms. The van der Waals surface area contributed by atoms with Gasteiger partial charge < -0.3 is 19.2 Å². The molecule has 0 fully saturated rings. The van der Waals surface area contributed by atoms with Crippen LogP contribution < -0.4 is 19.8 Å². The van der Waals surface area contributed by atoms with Crippen molar-refractivity contribution in [2.45, 2.75) is 13.8 Å². The Bertz CT molecular complexity index is 1190. The average molecular weight is 405 g/mol. The highest BCUT2D eigenvalue weighted by atomic mass is 16.5. The van der Waals surface area contributed by atoms with Crippen LogP contribution in [0.1, 0.15) is 25.2 Å². The predicted molar refractivity (Wildman–Crippen MR) is 116 cm³/mol. The number of nitrogens with one attached hydrogen (secondary N) is 1. The summed E-state index contributed by atoms with van der Waals surface area (Å²) in [5.74, 6) is 2.33. The smallest absolute Gasteiger partial charge is 0.259 e. The van der Waals surface area contributed by atoms with Crippen molar-refractivity contribution in [3.63, 3.8) is 0 Å². The Balaban J connectivity index is 1.99. The van der Waals surface area contributed by atoms with Crippen LogP contribution in [0.2, 0.25) is 0 Å². The van der Waals surface area contributed by atoms with Crippen LogP contribution in [0.15, 0.2) is 41.2 Å². The summed E-state index contributed by atoms with van der Waals surface area (Å²) in [4.78, 5) is 19.6. The van der Waals surface area contributed by atoms with Crippen molar-refractivity contribution < 1.29 is 14.2 Å². The van der Waals surface area contributed by atoms with Gasteiger partial charge in [0.15, 0.2) is 17.3 Å². The minimum atomic E-state index is -0.343. The van der Waals surface area contributed by atoms with Gasteiger partial charge in [-0.15, -0.1) is 0 Å². The van der Waals surface area contributed by atoms with E-state index in [1.54, 1.807) is 43.5 Å². The number of allylic oxidation sites excluding steroid dienone is 1. The molecule has 0 bridgehead atoms. The molecule has 0 aliphatic carbocycles. The van der Waals surface area contributed by atoms with E-state index in [4.69, 9.17) is 14.2 Å². The lowest BCUT2D eigenvalue weighted by atomic mass is 10.1. The van der Waals surface area contributed by atoms with Gasteiger partial charge in [-0.25, -0.2) is 4.98 Å². The Morgan fingerprint density at radius 2 is 1.97 bits per heavy atom. The molecule has 3 aromatic rings. The van der Waals surface area contributed by atoms with E-state index in [1.807, 2.05) is 6.07 Å². The number of fused-ring (bicyclic) bond motifs is 1. The normalized spacial score (nSPS) is 11.4. The van der Waals surface area contributed by atoms with Crippen LogP contribution in [-0.2, 0) is 0 Å². The van der Waals surface area contributed by atoms with E-state index >= 15 is 0 Å². The Morgan fingerprint density at radius 3 is 2.63 bits per heavy atom. The van der Waals surface area contributed by atoms with E-state index in [-0.39, 0.29) is 17.0 Å². The zero-order valence-corrected chi connectivity index (χ0v) is 17.4. The summed E-state index contributed by atoms with van der Waals surface area (Å²) in [6.07, 6.45) is 1.64. The van der Waals surface area contributed by atoms with Gasteiger partial charge in [-0.3, -0.25) is 4.79 Å². The Kier molecular flexibility index (Phi) is 6.38. The predicted octanol–water partition coefficient (Wildman–Crippen LogP) is 4.04. The van der Waals surface area contributed by atoms with E-state index in [9.17, 15) is 10.1 Å². The molecule has 0 saturated heterocycles. The summed E-state index contributed by atoms with van der Waals surface area (Å²) >= 11 is 0. The van der Waals surface area contributed by atoms with Crippen molar-refractivity contribution in [3.05, 3.63) is 58.1 Å². The zero-order valence-electron chi connectivity index (χ0n) is 17.4. The Hall–Kier alpha value is -3.79. The third kappa shape index (κ3) is 4.61. The fourth-order valence-electron chi connectivity index (χ4n) is 2.84. The second-order valence-electron chi connectivity index (χ2n) is 7.08. The first-order valence-corrected chi connectivity index (χ1v) is 9.46. The number of aromatic nitrogens is 2. The van der Waals surface area contributed by atoms with Gasteiger partial charge in [0.2, 0.25) is 0 Å². The first kappa shape index (κ1) is 20.9. The van der Waals surface area contributed by atoms with Gasteiger partial charge >= 0.3 is 0 Å². The number of H-pyrrole nitrogens is 1. The monoisotopic (exact) mass is 405 g/mol. The molecule has 0 aliphatic rings. The molecule has 1 aromatic heterocycles. The van der Waals surface area contributed by atoms with Crippen LogP contribution in [0.5, 0.6) is 17.2 Å². The first-order chi connectivity index (χ1) is 14.4. The van der Waals surface area contributed by atoms with Gasteiger partial charge in [0.1, 0.15) is 11.8 Å². The summed E-state index contributed by atoms with van der Waals surface area (Å²) in [5.41, 5.74) is 1.08. The molecule has 0 aliphatic heterocycles. The fourth-order valence-corrected chi connectivity index (χ4v) is 2.84. The largest absolute Gasteiger partial charge is 0.497 e. The molecule has 0 saturated carbocycles. The topological polar surface area (TPSA) is 97.2 Å². The highest BCUT2D eigenvalue weighted by Gasteiger charge is 2.11. The molecule has 7 nitrogen and oxygen atoms in total. The maximum absolute atomic E-state index is 12.5. The molecular formula is C23H23N3O4. The zero-order chi connectivity index (χ0) is 21.7. The maximum Gasteiger partial charge on any atom is 0.259 e. The molecule has 1 heterocycles. The second kappa shape index (κ2) is 9.14. The number of methoxy groups -OCH3 is 2. The van der Waals surface area contributed by atoms with E-state index in [1.165, 1.54) is 7.11 Å². The fraction of sp³-hybridized carbons (Fsp3) is 0.261.